The summed E-state index contributed by atoms with van der Waals surface area (Å²) in [5, 5.41) is 19.0. The molecule has 1 heterocycles. The fourth-order valence-electron chi connectivity index (χ4n) is 2.21. The highest BCUT2D eigenvalue weighted by molar-refractivity contribution is 6.33. The number of aromatic amines is 1. The van der Waals surface area contributed by atoms with Crippen LogP contribution >= 0.6 is 11.6 Å². The van der Waals surface area contributed by atoms with E-state index in [1.54, 1.807) is 12.1 Å². The summed E-state index contributed by atoms with van der Waals surface area (Å²) in [5.41, 5.74) is 0.774. The largest absolute Gasteiger partial charge is 0.481 e. The van der Waals surface area contributed by atoms with Gasteiger partial charge in [-0.3, -0.25) is 14.7 Å². The number of aromatic nitrogens is 2. The van der Waals surface area contributed by atoms with E-state index >= 15 is 0 Å². The van der Waals surface area contributed by atoms with Crippen LogP contribution in [0, 0.1) is 5.41 Å². The van der Waals surface area contributed by atoms with Gasteiger partial charge in [-0.15, -0.1) is 0 Å². The van der Waals surface area contributed by atoms with Gasteiger partial charge in [-0.2, -0.15) is 5.10 Å². The molecular formula is C15H14ClN3O3. The van der Waals surface area contributed by atoms with Crippen molar-refractivity contribution in [2.45, 2.75) is 12.8 Å². The Labute approximate surface area is 131 Å². The molecule has 1 aliphatic carbocycles. The zero-order valence-corrected chi connectivity index (χ0v) is 12.4. The van der Waals surface area contributed by atoms with Gasteiger partial charge in [0.2, 0.25) is 0 Å². The number of halogens is 1. The zero-order chi connectivity index (χ0) is 15.7. The van der Waals surface area contributed by atoms with E-state index in [0.29, 0.717) is 23.6 Å². The molecule has 0 unspecified atom stereocenters. The van der Waals surface area contributed by atoms with E-state index in [-0.39, 0.29) is 18.1 Å². The third kappa shape index (κ3) is 2.69. The third-order valence-electron chi connectivity index (χ3n) is 3.87. The van der Waals surface area contributed by atoms with Crippen molar-refractivity contribution in [3.63, 3.8) is 0 Å². The Bertz CT molecular complexity index is 737. The van der Waals surface area contributed by atoms with Crippen molar-refractivity contribution < 1.29 is 14.7 Å². The molecule has 1 aliphatic rings. The number of nitrogens with zero attached hydrogens (tertiary/aromatic N) is 1. The molecule has 0 bridgehead atoms. The third-order valence-corrected chi connectivity index (χ3v) is 4.20. The number of amides is 1. The van der Waals surface area contributed by atoms with Gasteiger partial charge in [0.05, 0.1) is 16.1 Å². The lowest BCUT2D eigenvalue weighted by Gasteiger charge is -2.09. The number of hydrogen-bond acceptors (Lipinski definition) is 3. The molecule has 0 spiro atoms. The fourth-order valence-corrected chi connectivity index (χ4v) is 2.44. The summed E-state index contributed by atoms with van der Waals surface area (Å²) in [7, 11) is 0. The Morgan fingerprint density at radius 1 is 1.36 bits per heavy atom. The highest BCUT2D eigenvalue weighted by Crippen LogP contribution is 2.45. The second-order valence-electron chi connectivity index (χ2n) is 5.41. The first-order chi connectivity index (χ1) is 10.5. The number of carboxylic acids is 1. The van der Waals surface area contributed by atoms with Gasteiger partial charge in [-0.25, -0.2) is 0 Å². The van der Waals surface area contributed by atoms with Crippen molar-refractivity contribution in [1.82, 2.24) is 15.5 Å². The Balaban J connectivity index is 1.70. The Kier molecular flexibility index (Phi) is 3.62. The molecule has 1 amide bonds. The summed E-state index contributed by atoms with van der Waals surface area (Å²) in [4.78, 5) is 23.1. The van der Waals surface area contributed by atoms with Crippen LogP contribution in [0.15, 0.2) is 30.3 Å². The van der Waals surface area contributed by atoms with Crippen LogP contribution in [0.2, 0.25) is 5.02 Å². The number of H-pyrrole nitrogens is 1. The van der Waals surface area contributed by atoms with Gasteiger partial charge in [0.15, 0.2) is 0 Å². The second-order valence-corrected chi connectivity index (χ2v) is 5.82. The summed E-state index contributed by atoms with van der Waals surface area (Å²) in [6.07, 6.45) is 1.19. The van der Waals surface area contributed by atoms with E-state index in [9.17, 15) is 9.59 Å². The zero-order valence-electron chi connectivity index (χ0n) is 11.6. The maximum atomic E-state index is 12.1. The molecule has 3 N–H and O–H groups in total. The summed E-state index contributed by atoms with van der Waals surface area (Å²) in [5.74, 6) is -1.24. The Morgan fingerprint density at radius 3 is 2.73 bits per heavy atom. The number of aliphatic carboxylic acids is 1. The van der Waals surface area contributed by atoms with Gasteiger partial charge in [0.1, 0.15) is 5.69 Å². The molecule has 6 nitrogen and oxygen atoms in total. The van der Waals surface area contributed by atoms with Crippen LogP contribution in [0.25, 0.3) is 11.3 Å². The SMILES string of the molecule is O=C(NCC1(C(=O)O)CC1)c1cc(-c2ccccc2Cl)n[nH]1. The van der Waals surface area contributed by atoms with Crippen molar-refractivity contribution in [3.05, 3.63) is 41.0 Å². The lowest BCUT2D eigenvalue weighted by molar-refractivity contribution is -0.143. The standard InChI is InChI=1S/C15H14ClN3O3/c16-10-4-2-1-3-9(10)11-7-12(19-18-11)13(20)17-8-15(5-6-15)14(21)22/h1-4,7H,5-6,8H2,(H,17,20)(H,18,19)(H,21,22). The van der Waals surface area contributed by atoms with Crippen LogP contribution in [0.5, 0.6) is 0 Å². The van der Waals surface area contributed by atoms with Crippen LogP contribution < -0.4 is 5.32 Å². The minimum absolute atomic E-state index is 0.127. The van der Waals surface area contributed by atoms with Crippen molar-refractivity contribution in [3.8, 4) is 11.3 Å². The number of benzene rings is 1. The first kappa shape index (κ1) is 14.6. The highest BCUT2D eigenvalue weighted by Gasteiger charge is 2.50. The molecule has 0 atom stereocenters. The molecule has 1 aromatic carbocycles. The minimum atomic E-state index is -0.867. The molecule has 0 radical (unpaired) electrons. The van der Waals surface area contributed by atoms with Gasteiger partial charge in [0, 0.05) is 12.1 Å². The van der Waals surface area contributed by atoms with Gasteiger partial charge in [-0.1, -0.05) is 29.8 Å². The predicted octanol–water partition coefficient (Wildman–Crippen LogP) is 2.32. The molecule has 2 aromatic rings. The first-order valence-electron chi connectivity index (χ1n) is 6.84. The Morgan fingerprint density at radius 2 is 2.09 bits per heavy atom. The number of carbonyl (C=O) groups is 2. The van der Waals surface area contributed by atoms with E-state index in [4.69, 9.17) is 16.7 Å². The molecule has 7 heteroatoms. The van der Waals surface area contributed by atoms with Crippen molar-refractivity contribution >= 4 is 23.5 Å². The van der Waals surface area contributed by atoms with Crippen LogP contribution in [0.3, 0.4) is 0 Å². The number of carboxylic acid groups (broad SMARTS) is 1. The summed E-state index contributed by atoms with van der Waals surface area (Å²) >= 11 is 6.09. The average Bonchev–Trinajstić information content (AvgIpc) is 3.15. The second kappa shape index (κ2) is 5.46. The van der Waals surface area contributed by atoms with Crippen molar-refractivity contribution in [2.24, 2.45) is 5.41 Å². The quantitative estimate of drug-likeness (QED) is 0.788. The van der Waals surface area contributed by atoms with Crippen LogP contribution in [0.1, 0.15) is 23.3 Å². The molecule has 1 aromatic heterocycles. The van der Waals surface area contributed by atoms with E-state index in [1.807, 2.05) is 18.2 Å². The molecule has 114 valence electrons. The lowest BCUT2D eigenvalue weighted by atomic mass is 10.1. The van der Waals surface area contributed by atoms with E-state index in [2.05, 4.69) is 15.5 Å². The van der Waals surface area contributed by atoms with Crippen LogP contribution in [-0.2, 0) is 4.79 Å². The smallest absolute Gasteiger partial charge is 0.311 e. The number of rotatable bonds is 5. The number of carbonyl (C=O) groups excluding carboxylic acids is 1. The van der Waals surface area contributed by atoms with Gasteiger partial charge >= 0.3 is 5.97 Å². The van der Waals surface area contributed by atoms with Gasteiger partial charge in [0.25, 0.3) is 5.91 Å². The van der Waals surface area contributed by atoms with Crippen molar-refractivity contribution in [1.29, 1.82) is 0 Å². The molecule has 0 saturated heterocycles. The molecule has 22 heavy (non-hydrogen) atoms. The maximum Gasteiger partial charge on any atom is 0.311 e. The van der Waals surface area contributed by atoms with Crippen LogP contribution in [-0.4, -0.2) is 33.7 Å². The molecule has 1 fully saturated rings. The summed E-state index contributed by atoms with van der Waals surface area (Å²) in [6, 6.07) is 8.79. The molecule has 1 saturated carbocycles. The van der Waals surface area contributed by atoms with E-state index in [0.717, 1.165) is 5.56 Å². The lowest BCUT2D eigenvalue weighted by Crippen LogP contribution is -2.34. The van der Waals surface area contributed by atoms with Crippen LogP contribution in [0.4, 0.5) is 0 Å². The normalized spacial score (nSPS) is 15.3. The molecule has 0 aliphatic heterocycles. The fraction of sp³-hybridized carbons (Fsp3) is 0.267. The number of hydrogen-bond donors (Lipinski definition) is 3. The van der Waals surface area contributed by atoms with E-state index in [1.165, 1.54) is 0 Å². The first-order valence-corrected chi connectivity index (χ1v) is 7.21. The minimum Gasteiger partial charge on any atom is -0.481 e. The predicted molar refractivity (Wildman–Crippen MR) is 80.7 cm³/mol. The summed E-state index contributed by atoms with van der Waals surface area (Å²) in [6.45, 7) is 0.127. The monoisotopic (exact) mass is 319 g/mol. The average molecular weight is 320 g/mol. The highest BCUT2D eigenvalue weighted by atomic mass is 35.5. The van der Waals surface area contributed by atoms with Gasteiger partial charge in [-0.05, 0) is 25.0 Å². The maximum absolute atomic E-state index is 12.1. The topological polar surface area (TPSA) is 95.1 Å². The van der Waals surface area contributed by atoms with Crippen molar-refractivity contribution in [2.75, 3.05) is 6.54 Å². The molecule has 3 rings (SSSR count). The van der Waals surface area contributed by atoms with Gasteiger partial charge < -0.3 is 10.4 Å². The summed E-state index contributed by atoms with van der Waals surface area (Å²) < 4.78 is 0. The van der Waals surface area contributed by atoms with E-state index < -0.39 is 11.4 Å². The Hall–Kier alpha value is -2.34. The molecular weight excluding hydrogens is 306 g/mol. The number of nitrogens with one attached hydrogen (secondary N) is 2.